The van der Waals surface area contributed by atoms with Gasteiger partial charge in [-0.05, 0) is 31.3 Å². The SMILES string of the molecule is Cc1ccc(-c2n[nH]c(=S)n2CC(=O)N(C)Cc2cn(-c3ccccc3)nc2-c2ccccc2)cc1. The lowest BCUT2D eigenvalue weighted by Crippen LogP contribution is -2.30. The molecule has 0 aliphatic heterocycles. The van der Waals surface area contributed by atoms with E-state index in [1.807, 2.05) is 103 Å². The number of hydrogen-bond donors (Lipinski definition) is 1. The summed E-state index contributed by atoms with van der Waals surface area (Å²) in [5.74, 6) is 0.566. The molecule has 36 heavy (non-hydrogen) atoms. The highest BCUT2D eigenvalue weighted by molar-refractivity contribution is 7.71. The third kappa shape index (κ3) is 4.89. The van der Waals surface area contributed by atoms with Gasteiger partial charge in [-0.2, -0.15) is 10.2 Å². The first-order valence-corrected chi connectivity index (χ1v) is 12.1. The van der Waals surface area contributed by atoms with Crippen LogP contribution in [0.3, 0.4) is 0 Å². The van der Waals surface area contributed by atoms with Crippen LogP contribution in [0.2, 0.25) is 0 Å². The number of amides is 1. The zero-order valence-electron chi connectivity index (χ0n) is 20.1. The van der Waals surface area contributed by atoms with Crippen molar-refractivity contribution >= 4 is 18.1 Å². The van der Waals surface area contributed by atoms with Crippen LogP contribution in [0, 0.1) is 11.7 Å². The van der Waals surface area contributed by atoms with Gasteiger partial charge in [0.15, 0.2) is 10.6 Å². The van der Waals surface area contributed by atoms with Crippen LogP contribution in [0.15, 0.2) is 91.1 Å². The molecule has 0 radical (unpaired) electrons. The summed E-state index contributed by atoms with van der Waals surface area (Å²) < 4.78 is 4.01. The summed E-state index contributed by atoms with van der Waals surface area (Å²) in [6.07, 6.45) is 1.99. The number of aromatic nitrogens is 5. The summed E-state index contributed by atoms with van der Waals surface area (Å²) in [7, 11) is 1.80. The Morgan fingerprint density at radius 2 is 1.61 bits per heavy atom. The average molecular weight is 495 g/mol. The van der Waals surface area contributed by atoms with Crippen LogP contribution in [0.25, 0.3) is 28.3 Å². The van der Waals surface area contributed by atoms with Gasteiger partial charge in [0, 0.05) is 36.5 Å². The first kappa shape index (κ1) is 23.4. The van der Waals surface area contributed by atoms with E-state index in [4.69, 9.17) is 17.3 Å². The Kier molecular flexibility index (Phi) is 6.60. The molecule has 1 amide bonds. The molecular formula is C28H26N6OS. The number of likely N-dealkylation sites (N-methyl/N-ethyl adjacent to an activating group) is 1. The van der Waals surface area contributed by atoms with Crippen LogP contribution in [0.1, 0.15) is 11.1 Å². The third-order valence-corrected chi connectivity index (χ3v) is 6.36. The molecule has 0 aliphatic rings. The minimum Gasteiger partial charge on any atom is -0.340 e. The van der Waals surface area contributed by atoms with Crippen molar-refractivity contribution in [2.75, 3.05) is 7.05 Å². The number of benzene rings is 3. The Morgan fingerprint density at radius 1 is 0.944 bits per heavy atom. The van der Waals surface area contributed by atoms with Crippen molar-refractivity contribution in [2.45, 2.75) is 20.0 Å². The van der Waals surface area contributed by atoms with E-state index in [-0.39, 0.29) is 12.5 Å². The second-order valence-electron chi connectivity index (χ2n) is 8.70. The van der Waals surface area contributed by atoms with Crippen LogP contribution in [0.5, 0.6) is 0 Å². The number of H-pyrrole nitrogens is 1. The lowest BCUT2D eigenvalue weighted by atomic mass is 10.1. The predicted octanol–water partition coefficient (Wildman–Crippen LogP) is 5.43. The molecule has 0 saturated carbocycles. The third-order valence-electron chi connectivity index (χ3n) is 6.05. The van der Waals surface area contributed by atoms with Gasteiger partial charge in [-0.1, -0.05) is 78.4 Å². The molecule has 0 fully saturated rings. The Labute approximate surface area is 214 Å². The first-order valence-electron chi connectivity index (χ1n) is 11.6. The normalized spacial score (nSPS) is 10.9. The molecule has 0 aliphatic carbocycles. The number of para-hydroxylation sites is 1. The zero-order valence-corrected chi connectivity index (χ0v) is 20.9. The molecule has 0 bridgehead atoms. The lowest BCUT2D eigenvalue weighted by molar-refractivity contribution is -0.131. The van der Waals surface area contributed by atoms with Gasteiger partial charge in [-0.25, -0.2) is 4.68 Å². The van der Waals surface area contributed by atoms with E-state index in [1.54, 1.807) is 16.5 Å². The second-order valence-corrected chi connectivity index (χ2v) is 9.09. The van der Waals surface area contributed by atoms with E-state index < -0.39 is 0 Å². The monoisotopic (exact) mass is 494 g/mol. The number of hydrogen-bond acceptors (Lipinski definition) is 4. The van der Waals surface area contributed by atoms with E-state index in [2.05, 4.69) is 10.2 Å². The smallest absolute Gasteiger partial charge is 0.242 e. The van der Waals surface area contributed by atoms with Crippen molar-refractivity contribution in [3.05, 3.63) is 107 Å². The Morgan fingerprint density at radius 3 is 2.31 bits per heavy atom. The van der Waals surface area contributed by atoms with Gasteiger partial charge in [0.1, 0.15) is 6.54 Å². The summed E-state index contributed by atoms with van der Waals surface area (Å²) in [5, 5.41) is 12.0. The van der Waals surface area contributed by atoms with Crippen molar-refractivity contribution in [1.29, 1.82) is 0 Å². The van der Waals surface area contributed by atoms with Crippen LogP contribution < -0.4 is 0 Å². The molecule has 5 aromatic rings. The number of carbonyl (C=O) groups is 1. The summed E-state index contributed by atoms with van der Waals surface area (Å²) in [5.41, 5.74) is 5.82. The van der Waals surface area contributed by atoms with Crippen LogP contribution >= 0.6 is 12.2 Å². The van der Waals surface area contributed by atoms with Gasteiger partial charge in [-0.3, -0.25) is 14.5 Å². The minimum absolute atomic E-state index is 0.0765. The molecule has 0 spiro atoms. The number of rotatable bonds is 7. The first-order chi connectivity index (χ1) is 17.5. The molecule has 0 saturated heterocycles. The number of aryl methyl sites for hydroxylation is 1. The zero-order chi connectivity index (χ0) is 25.1. The maximum atomic E-state index is 13.3. The standard InChI is InChI=1S/C28H26N6OS/c1-20-13-15-22(16-14-20)27-29-30-28(36)33(27)19-25(35)32(2)17-23-18-34(24-11-7-4-8-12-24)31-26(23)21-9-5-3-6-10-21/h3-16,18H,17,19H2,1-2H3,(H,30,36). The Balaban J connectivity index is 1.41. The van der Waals surface area contributed by atoms with Crippen molar-refractivity contribution in [1.82, 2.24) is 29.4 Å². The molecule has 7 nitrogen and oxygen atoms in total. The molecule has 8 heteroatoms. The predicted molar refractivity (Wildman–Crippen MR) is 143 cm³/mol. The lowest BCUT2D eigenvalue weighted by Gasteiger charge is -2.18. The molecule has 0 unspecified atom stereocenters. The topological polar surface area (TPSA) is 71.7 Å². The second kappa shape index (κ2) is 10.1. The van der Waals surface area contributed by atoms with Gasteiger partial charge >= 0.3 is 0 Å². The number of aromatic amines is 1. The highest BCUT2D eigenvalue weighted by atomic mass is 32.1. The molecule has 5 rings (SSSR count). The van der Waals surface area contributed by atoms with E-state index in [0.717, 1.165) is 33.6 Å². The average Bonchev–Trinajstić information content (AvgIpc) is 3.49. The number of nitrogens with one attached hydrogen (secondary N) is 1. The van der Waals surface area contributed by atoms with E-state index >= 15 is 0 Å². The fraction of sp³-hybridized carbons (Fsp3) is 0.143. The number of nitrogens with zero attached hydrogens (tertiary/aromatic N) is 5. The molecule has 2 aromatic heterocycles. The minimum atomic E-state index is -0.0765. The van der Waals surface area contributed by atoms with Gasteiger partial charge in [0.05, 0.1) is 11.4 Å². The Bertz CT molecular complexity index is 1530. The van der Waals surface area contributed by atoms with Crippen molar-refractivity contribution < 1.29 is 4.79 Å². The van der Waals surface area contributed by atoms with Crippen LogP contribution in [0.4, 0.5) is 0 Å². The van der Waals surface area contributed by atoms with E-state index in [9.17, 15) is 4.79 Å². The number of carbonyl (C=O) groups excluding carboxylic acids is 1. The highest BCUT2D eigenvalue weighted by Gasteiger charge is 2.19. The molecule has 3 aromatic carbocycles. The van der Waals surface area contributed by atoms with Gasteiger partial charge in [-0.15, -0.1) is 0 Å². The molecule has 0 atom stereocenters. The molecule has 180 valence electrons. The van der Waals surface area contributed by atoms with Crippen molar-refractivity contribution in [2.24, 2.45) is 0 Å². The maximum absolute atomic E-state index is 13.3. The van der Waals surface area contributed by atoms with Gasteiger partial charge in [0.25, 0.3) is 0 Å². The molecular weight excluding hydrogens is 468 g/mol. The van der Waals surface area contributed by atoms with Crippen LogP contribution in [-0.2, 0) is 17.9 Å². The fourth-order valence-electron chi connectivity index (χ4n) is 4.06. The largest absolute Gasteiger partial charge is 0.340 e. The highest BCUT2D eigenvalue weighted by Crippen LogP contribution is 2.25. The van der Waals surface area contributed by atoms with Gasteiger partial charge < -0.3 is 4.90 Å². The molecule has 2 heterocycles. The Hall–Kier alpha value is -4.30. The van der Waals surface area contributed by atoms with Gasteiger partial charge in [0.2, 0.25) is 5.91 Å². The fourth-order valence-corrected chi connectivity index (χ4v) is 4.26. The van der Waals surface area contributed by atoms with Crippen molar-refractivity contribution in [3.63, 3.8) is 0 Å². The summed E-state index contributed by atoms with van der Waals surface area (Å²) in [6, 6.07) is 28.0. The van der Waals surface area contributed by atoms with Crippen LogP contribution in [-0.4, -0.2) is 42.4 Å². The maximum Gasteiger partial charge on any atom is 0.242 e. The van der Waals surface area contributed by atoms with Crippen molar-refractivity contribution in [3.8, 4) is 28.3 Å². The molecule has 1 N–H and O–H groups in total. The summed E-state index contributed by atoms with van der Waals surface area (Å²) in [6.45, 7) is 2.52. The van der Waals surface area contributed by atoms with E-state index in [0.29, 0.717) is 17.1 Å². The van der Waals surface area contributed by atoms with E-state index in [1.165, 1.54) is 0 Å². The summed E-state index contributed by atoms with van der Waals surface area (Å²) in [4.78, 5) is 15.0. The summed E-state index contributed by atoms with van der Waals surface area (Å²) >= 11 is 5.44. The quantitative estimate of drug-likeness (QED) is 0.306.